The molecule has 0 bridgehead atoms. The monoisotopic (exact) mass is 604 g/mol. The van der Waals surface area contributed by atoms with Crippen LogP contribution in [-0.2, 0) is 9.53 Å². The molecule has 1 heterocycles. The number of hydrogen-bond acceptors (Lipinski definition) is 4. The van der Waals surface area contributed by atoms with Crippen molar-refractivity contribution < 1.29 is 19.7 Å². The Labute approximate surface area is 266 Å². The molecule has 250 valence electrons. The van der Waals surface area contributed by atoms with Crippen LogP contribution in [0.3, 0.4) is 0 Å². The topological polar surface area (TPSA) is 82.1 Å². The number of carbonyl (C=O) groups is 1. The molecule has 1 saturated heterocycles. The third kappa shape index (κ3) is 24.6. The number of ether oxygens (including phenoxy) is 1. The predicted octanol–water partition coefficient (Wildman–Crippen LogP) is 9.66. The fraction of sp³-hybridized carbons (Fsp3) is 0.816. The molecule has 1 aliphatic rings. The molecule has 0 aliphatic carbocycles. The SMILES string of the molecule is CCCCC/C=C\C/C=C\CC1OC1C/C=C\CCCC(=O)N[C@@H](CO)[C@H](O)CCCCCCCCCCCCCCC. The molecule has 2 unspecified atom stereocenters. The summed E-state index contributed by atoms with van der Waals surface area (Å²) in [5.74, 6) is -0.0926. The first kappa shape index (κ1) is 39.6. The van der Waals surface area contributed by atoms with Crippen LogP contribution in [0.4, 0.5) is 0 Å². The van der Waals surface area contributed by atoms with Crippen molar-refractivity contribution in [2.45, 2.75) is 192 Å². The summed E-state index contributed by atoms with van der Waals surface area (Å²) in [6.45, 7) is 4.28. The summed E-state index contributed by atoms with van der Waals surface area (Å²) in [5, 5.41) is 23.0. The number of aliphatic hydroxyl groups excluding tert-OH is 2. The molecule has 5 nitrogen and oxygen atoms in total. The Kier molecular flexibility index (Phi) is 27.0. The fourth-order valence-corrected chi connectivity index (χ4v) is 5.57. The standard InChI is InChI=1S/C38H69NO4/c1-3-5-7-9-11-13-14-15-16-18-19-21-25-29-35(41)34(33-40)39-38(42)32-28-24-23-27-31-37-36(43-37)30-26-22-20-17-12-10-8-6-4-2/h12,17,22-23,26-27,34-37,40-41H,3-11,13-16,18-21,24-25,28-33H2,1-2H3,(H,39,42)/b17-12-,26-22-,27-23-/t34-,35+,36?,37?/m0/s1. The van der Waals surface area contributed by atoms with Gasteiger partial charge in [0.15, 0.2) is 0 Å². The lowest BCUT2D eigenvalue weighted by atomic mass is 10.0. The minimum Gasteiger partial charge on any atom is -0.394 e. The zero-order valence-electron chi connectivity index (χ0n) is 28.2. The number of hydrogen-bond donors (Lipinski definition) is 3. The second kappa shape index (κ2) is 29.3. The maximum absolute atomic E-state index is 12.3. The molecule has 0 aromatic rings. The van der Waals surface area contributed by atoms with E-state index in [1.165, 1.54) is 96.3 Å². The molecule has 5 heteroatoms. The second-order valence-electron chi connectivity index (χ2n) is 12.7. The molecule has 43 heavy (non-hydrogen) atoms. The van der Waals surface area contributed by atoms with Gasteiger partial charge in [-0.1, -0.05) is 147 Å². The molecule has 1 aliphatic heterocycles. The molecule has 0 aromatic heterocycles. The van der Waals surface area contributed by atoms with Crippen LogP contribution in [0, 0.1) is 0 Å². The van der Waals surface area contributed by atoms with Gasteiger partial charge in [-0.25, -0.2) is 0 Å². The van der Waals surface area contributed by atoms with Gasteiger partial charge in [0.2, 0.25) is 5.91 Å². The van der Waals surface area contributed by atoms with Gasteiger partial charge < -0.3 is 20.3 Å². The van der Waals surface area contributed by atoms with Crippen LogP contribution in [0.2, 0.25) is 0 Å². The summed E-state index contributed by atoms with van der Waals surface area (Å²) in [6.07, 6.45) is 40.8. The van der Waals surface area contributed by atoms with Crippen molar-refractivity contribution in [2.75, 3.05) is 6.61 Å². The Morgan fingerprint density at radius 3 is 1.77 bits per heavy atom. The highest BCUT2D eigenvalue weighted by Gasteiger charge is 2.35. The van der Waals surface area contributed by atoms with Crippen molar-refractivity contribution >= 4 is 5.91 Å². The maximum Gasteiger partial charge on any atom is 0.220 e. The lowest BCUT2D eigenvalue weighted by Crippen LogP contribution is -2.45. The van der Waals surface area contributed by atoms with Crippen molar-refractivity contribution in [3.63, 3.8) is 0 Å². The highest BCUT2D eigenvalue weighted by Crippen LogP contribution is 2.29. The van der Waals surface area contributed by atoms with Crippen LogP contribution in [0.15, 0.2) is 36.5 Å². The molecular weight excluding hydrogens is 534 g/mol. The highest BCUT2D eigenvalue weighted by atomic mass is 16.6. The van der Waals surface area contributed by atoms with Gasteiger partial charge in [-0.3, -0.25) is 4.79 Å². The van der Waals surface area contributed by atoms with E-state index in [9.17, 15) is 15.0 Å². The van der Waals surface area contributed by atoms with E-state index in [1.54, 1.807) is 0 Å². The summed E-state index contributed by atoms with van der Waals surface area (Å²) in [5.41, 5.74) is 0. The van der Waals surface area contributed by atoms with Gasteiger partial charge in [0.1, 0.15) is 0 Å². The molecular formula is C38H69NO4. The molecule has 0 aromatic carbocycles. The molecule has 4 atom stereocenters. The van der Waals surface area contributed by atoms with Crippen molar-refractivity contribution in [3.8, 4) is 0 Å². The maximum atomic E-state index is 12.3. The lowest BCUT2D eigenvalue weighted by Gasteiger charge is -2.22. The molecule has 0 saturated carbocycles. The van der Waals surface area contributed by atoms with E-state index in [4.69, 9.17) is 4.74 Å². The van der Waals surface area contributed by atoms with Gasteiger partial charge in [0.05, 0.1) is 31.0 Å². The van der Waals surface area contributed by atoms with E-state index in [0.717, 1.165) is 44.9 Å². The third-order valence-electron chi connectivity index (χ3n) is 8.56. The minimum absolute atomic E-state index is 0.0926. The summed E-state index contributed by atoms with van der Waals surface area (Å²) < 4.78 is 5.76. The first-order valence-corrected chi connectivity index (χ1v) is 18.3. The van der Waals surface area contributed by atoms with E-state index in [1.807, 2.05) is 0 Å². The van der Waals surface area contributed by atoms with Crippen molar-refractivity contribution in [3.05, 3.63) is 36.5 Å². The van der Waals surface area contributed by atoms with Gasteiger partial charge in [0.25, 0.3) is 0 Å². The number of carbonyl (C=O) groups excluding carboxylic acids is 1. The van der Waals surface area contributed by atoms with Crippen LogP contribution in [-0.4, -0.2) is 47.1 Å². The van der Waals surface area contributed by atoms with Gasteiger partial charge >= 0.3 is 0 Å². The largest absolute Gasteiger partial charge is 0.394 e. The van der Waals surface area contributed by atoms with Gasteiger partial charge in [-0.2, -0.15) is 0 Å². The molecule has 1 fully saturated rings. The van der Waals surface area contributed by atoms with Crippen LogP contribution >= 0.6 is 0 Å². The van der Waals surface area contributed by atoms with Crippen LogP contribution in [0.25, 0.3) is 0 Å². The van der Waals surface area contributed by atoms with E-state index in [-0.39, 0.29) is 12.5 Å². The predicted molar refractivity (Wildman–Crippen MR) is 183 cm³/mol. The van der Waals surface area contributed by atoms with Crippen molar-refractivity contribution in [1.82, 2.24) is 5.32 Å². The van der Waals surface area contributed by atoms with Crippen molar-refractivity contribution in [2.24, 2.45) is 0 Å². The lowest BCUT2D eigenvalue weighted by molar-refractivity contribution is -0.123. The average molecular weight is 604 g/mol. The summed E-state index contributed by atoms with van der Waals surface area (Å²) in [4.78, 5) is 12.3. The average Bonchev–Trinajstić information content (AvgIpc) is 3.76. The minimum atomic E-state index is -0.685. The molecule has 0 radical (unpaired) electrons. The number of allylic oxidation sites excluding steroid dienone is 4. The normalized spacial score (nSPS) is 18.2. The summed E-state index contributed by atoms with van der Waals surface area (Å²) >= 11 is 0. The van der Waals surface area contributed by atoms with Gasteiger partial charge in [0, 0.05) is 6.42 Å². The first-order valence-electron chi connectivity index (χ1n) is 18.3. The molecule has 1 amide bonds. The molecule has 1 rings (SSSR count). The fourth-order valence-electron chi connectivity index (χ4n) is 5.57. The van der Waals surface area contributed by atoms with Crippen LogP contribution < -0.4 is 5.32 Å². The number of epoxide rings is 1. The Morgan fingerprint density at radius 1 is 0.674 bits per heavy atom. The number of aliphatic hydroxyl groups is 2. The number of nitrogens with one attached hydrogen (secondary N) is 1. The number of amides is 1. The quantitative estimate of drug-likeness (QED) is 0.0418. The van der Waals surface area contributed by atoms with E-state index in [0.29, 0.717) is 25.0 Å². The zero-order valence-corrected chi connectivity index (χ0v) is 28.2. The van der Waals surface area contributed by atoms with Crippen molar-refractivity contribution in [1.29, 1.82) is 0 Å². The molecule has 3 N–H and O–H groups in total. The smallest absolute Gasteiger partial charge is 0.220 e. The van der Waals surface area contributed by atoms with Crippen LogP contribution in [0.5, 0.6) is 0 Å². The number of unbranched alkanes of at least 4 members (excludes halogenated alkanes) is 16. The van der Waals surface area contributed by atoms with E-state index < -0.39 is 12.1 Å². The molecule has 0 spiro atoms. The zero-order chi connectivity index (χ0) is 31.2. The van der Waals surface area contributed by atoms with E-state index in [2.05, 4.69) is 55.6 Å². The van der Waals surface area contributed by atoms with Crippen LogP contribution in [0.1, 0.15) is 168 Å². The third-order valence-corrected chi connectivity index (χ3v) is 8.56. The summed E-state index contributed by atoms with van der Waals surface area (Å²) in [6, 6.07) is -0.569. The Bertz CT molecular complexity index is 719. The number of rotatable bonds is 31. The first-order chi connectivity index (χ1) is 21.1. The second-order valence-corrected chi connectivity index (χ2v) is 12.7. The van der Waals surface area contributed by atoms with E-state index >= 15 is 0 Å². The highest BCUT2D eigenvalue weighted by molar-refractivity contribution is 5.76. The Balaban J connectivity index is 1.97. The Morgan fingerprint density at radius 2 is 1.16 bits per heavy atom. The Hall–Kier alpha value is -1.43. The summed E-state index contributed by atoms with van der Waals surface area (Å²) in [7, 11) is 0. The van der Waals surface area contributed by atoms with Gasteiger partial charge in [-0.05, 0) is 51.4 Å². The van der Waals surface area contributed by atoms with Gasteiger partial charge in [-0.15, -0.1) is 0 Å².